The SMILES string of the molecule is CCOC(=O)CCCCSc1ccc(Br)cc1. The van der Waals surface area contributed by atoms with Gasteiger partial charge in [0.15, 0.2) is 0 Å². The molecule has 17 heavy (non-hydrogen) atoms. The molecule has 0 aliphatic rings. The van der Waals surface area contributed by atoms with Crippen molar-refractivity contribution < 1.29 is 9.53 Å². The van der Waals surface area contributed by atoms with Crippen LogP contribution in [-0.2, 0) is 9.53 Å². The van der Waals surface area contributed by atoms with E-state index in [1.807, 2.05) is 30.8 Å². The molecule has 0 aliphatic heterocycles. The highest BCUT2D eigenvalue weighted by Crippen LogP contribution is 2.21. The predicted octanol–water partition coefficient (Wildman–Crippen LogP) is 4.27. The summed E-state index contributed by atoms with van der Waals surface area (Å²) < 4.78 is 5.97. The summed E-state index contributed by atoms with van der Waals surface area (Å²) >= 11 is 5.23. The molecule has 0 bridgehead atoms. The topological polar surface area (TPSA) is 26.3 Å². The Kier molecular flexibility index (Phi) is 7.37. The number of carbonyl (C=O) groups is 1. The zero-order valence-corrected chi connectivity index (χ0v) is 12.4. The average Bonchev–Trinajstić information content (AvgIpc) is 2.31. The van der Waals surface area contributed by atoms with Crippen LogP contribution in [0, 0.1) is 0 Å². The normalized spacial score (nSPS) is 10.2. The second kappa shape index (κ2) is 8.59. The highest BCUT2D eigenvalue weighted by Gasteiger charge is 2.01. The molecule has 0 radical (unpaired) electrons. The number of halogens is 1. The summed E-state index contributed by atoms with van der Waals surface area (Å²) in [5.74, 6) is 0.960. The lowest BCUT2D eigenvalue weighted by molar-refractivity contribution is -0.143. The van der Waals surface area contributed by atoms with Crippen LogP contribution in [0.1, 0.15) is 26.2 Å². The fraction of sp³-hybridized carbons (Fsp3) is 0.462. The summed E-state index contributed by atoms with van der Waals surface area (Å²) in [5, 5.41) is 0. The number of carbonyl (C=O) groups excluding carboxylic acids is 1. The Morgan fingerprint density at radius 1 is 1.29 bits per heavy atom. The molecule has 0 saturated heterocycles. The third-order valence-corrected chi connectivity index (χ3v) is 3.79. The van der Waals surface area contributed by atoms with Gasteiger partial charge in [-0.05, 0) is 49.8 Å². The summed E-state index contributed by atoms with van der Waals surface area (Å²) in [6.45, 7) is 2.31. The van der Waals surface area contributed by atoms with Crippen LogP contribution in [0.4, 0.5) is 0 Å². The monoisotopic (exact) mass is 316 g/mol. The van der Waals surface area contributed by atoms with Crippen LogP contribution in [0.15, 0.2) is 33.6 Å². The van der Waals surface area contributed by atoms with Gasteiger partial charge in [0, 0.05) is 15.8 Å². The van der Waals surface area contributed by atoms with Gasteiger partial charge in [-0.15, -0.1) is 11.8 Å². The Bertz CT molecular complexity index is 338. The minimum atomic E-state index is -0.0823. The van der Waals surface area contributed by atoms with Crippen LogP contribution < -0.4 is 0 Å². The molecule has 4 heteroatoms. The van der Waals surface area contributed by atoms with Gasteiger partial charge in [0.25, 0.3) is 0 Å². The van der Waals surface area contributed by atoms with Gasteiger partial charge >= 0.3 is 5.97 Å². The molecule has 0 atom stereocenters. The summed E-state index contributed by atoms with van der Waals surface area (Å²) in [5.41, 5.74) is 0. The molecule has 0 heterocycles. The third-order valence-electron chi connectivity index (χ3n) is 2.16. The standard InChI is InChI=1S/C13H17BrO2S/c1-2-16-13(15)5-3-4-10-17-12-8-6-11(14)7-9-12/h6-9H,2-5,10H2,1H3. The molecule has 0 saturated carbocycles. The number of ether oxygens (including phenoxy) is 1. The first-order chi connectivity index (χ1) is 8.22. The van der Waals surface area contributed by atoms with Crippen LogP contribution >= 0.6 is 27.7 Å². The zero-order valence-electron chi connectivity index (χ0n) is 9.95. The van der Waals surface area contributed by atoms with Gasteiger partial charge in [0.05, 0.1) is 6.61 Å². The molecule has 1 aromatic rings. The molecule has 0 aromatic heterocycles. The second-order valence-electron chi connectivity index (χ2n) is 3.56. The van der Waals surface area contributed by atoms with Crippen LogP contribution in [-0.4, -0.2) is 18.3 Å². The third kappa shape index (κ3) is 6.74. The highest BCUT2D eigenvalue weighted by atomic mass is 79.9. The van der Waals surface area contributed by atoms with Crippen LogP contribution in [0.25, 0.3) is 0 Å². The molecule has 1 rings (SSSR count). The van der Waals surface area contributed by atoms with E-state index in [4.69, 9.17) is 4.74 Å². The number of unbranched alkanes of at least 4 members (excludes halogenated alkanes) is 1. The van der Waals surface area contributed by atoms with Crippen molar-refractivity contribution in [2.45, 2.75) is 31.1 Å². The molecular formula is C13H17BrO2S. The molecule has 1 aromatic carbocycles. The molecule has 0 unspecified atom stereocenters. The van der Waals surface area contributed by atoms with Gasteiger partial charge in [-0.25, -0.2) is 0 Å². The van der Waals surface area contributed by atoms with Gasteiger partial charge in [-0.3, -0.25) is 4.79 Å². The van der Waals surface area contributed by atoms with E-state index in [0.717, 1.165) is 23.1 Å². The average molecular weight is 317 g/mol. The molecular weight excluding hydrogens is 300 g/mol. The van der Waals surface area contributed by atoms with Gasteiger partial charge in [-0.1, -0.05) is 15.9 Å². The maximum Gasteiger partial charge on any atom is 0.305 e. The lowest BCUT2D eigenvalue weighted by Crippen LogP contribution is -2.03. The Labute approximate surface area is 115 Å². The minimum absolute atomic E-state index is 0.0823. The number of rotatable bonds is 7. The largest absolute Gasteiger partial charge is 0.466 e. The number of hydrogen-bond donors (Lipinski definition) is 0. The Morgan fingerprint density at radius 2 is 2.00 bits per heavy atom. The first kappa shape index (κ1) is 14.6. The first-order valence-corrected chi connectivity index (χ1v) is 7.54. The second-order valence-corrected chi connectivity index (χ2v) is 5.65. The van der Waals surface area contributed by atoms with Crippen molar-refractivity contribution in [2.24, 2.45) is 0 Å². The summed E-state index contributed by atoms with van der Waals surface area (Å²) in [6.07, 6.45) is 2.48. The minimum Gasteiger partial charge on any atom is -0.466 e. The van der Waals surface area contributed by atoms with Crippen molar-refractivity contribution in [1.82, 2.24) is 0 Å². The molecule has 0 spiro atoms. The molecule has 0 aliphatic carbocycles. The smallest absolute Gasteiger partial charge is 0.305 e. The Hall–Kier alpha value is -0.480. The van der Waals surface area contributed by atoms with E-state index in [-0.39, 0.29) is 5.97 Å². The van der Waals surface area contributed by atoms with Crippen molar-refractivity contribution in [3.63, 3.8) is 0 Å². The highest BCUT2D eigenvalue weighted by molar-refractivity contribution is 9.10. The van der Waals surface area contributed by atoms with Crippen LogP contribution in [0.3, 0.4) is 0 Å². The summed E-state index contributed by atoms with van der Waals surface area (Å²) in [7, 11) is 0. The molecule has 2 nitrogen and oxygen atoms in total. The van der Waals surface area contributed by atoms with Crippen molar-refractivity contribution >= 4 is 33.7 Å². The van der Waals surface area contributed by atoms with Crippen LogP contribution in [0.5, 0.6) is 0 Å². The quantitative estimate of drug-likeness (QED) is 0.427. The van der Waals surface area contributed by atoms with E-state index in [1.54, 1.807) is 0 Å². The van der Waals surface area contributed by atoms with Crippen molar-refractivity contribution in [1.29, 1.82) is 0 Å². The Balaban J connectivity index is 2.08. The maximum atomic E-state index is 11.1. The van der Waals surface area contributed by atoms with E-state index in [0.29, 0.717) is 13.0 Å². The molecule has 94 valence electrons. The summed E-state index contributed by atoms with van der Waals surface area (Å²) in [4.78, 5) is 12.3. The van der Waals surface area contributed by atoms with Gasteiger partial charge in [-0.2, -0.15) is 0 Å². The van der Waals surface area contributed by atoms with E-state index in [1.165, 1.54) is 4.90 Å². The van der Waals surface area contributed by atoms with Crippen molar-refractivity contribution in [3.05, 3.63) is 28.7 Å². The van der Waals surface area contributed by atoms with Crippen molar-refractivity contribution in [3.8, 4) is 0 Å². The fourth-order valence-corrected chi connectivity index (χ4v) is 2.50. The molecule has 0 N–H and O–H groups in total. The van der Waals surface area contributed by atoms with Crippen LogP contribution in [0.2, 0.25) is 0 Å². The van der Waals surface area contributed by atoms with E-state index >= 15 is 0 Å². The molecule has 0 amide bonds. The lowest BCUT2D eigenvalue weighted by Gasteiger charge is -2.02. The maximum absolute atomic E-state index is 11.1. The number of benzene rings is 1. The fourth-order valence-electron chi connectivity index (χ4n) is 1.33. The number of esters is 1. The van der Waals surface area contributed by atoms with Crippen molar-refractivity contribution in [2.75, 3.05) is 12.4 Å². The summed E-state index contributed by atoms with van der Waals surface area (Å²) in [6, 6.07) is 8.28. The number of thioether (sulfide) groups is 1. The van der Waals surface area contributed by atoms with E-state index < -0.39 is 0 Å². The Morgan fingerprint density at radius 3 is 2.65 bits per heavy atom. The zero-order chi connectivity index (χ0) is 12.5. The number of hydrogen-bond acceptors (Lipinski definition) is 3. The first-order valence-electron chi connectivity index (χ1n) is 5.76. The van der Waals surface area contributed by atoms with E-state index in [2.05, 4.69) is 28.1 Å². The lowest BCUT2D eigenvalue weighted by atomic mass is 10.2. The van der Waals surface area contributed by atoms with Gasteiger partial charge < -0.3 is 4.74 Å². The molecule has 0 fully saturated rings. The van der Waals surface area contributed by atoms with Gasteiger partial charge in [0.1, 0.15) is 0 Å². The predicted molar refractivity (Wildman–Crippen MR) is 75.4 cm³/mol. The van der Waals surface area contributed by atoms with E-state index in [9.17, 15) is 4.79 Å². The van der Waals surface area contributed by atoms with Gasteiger partial charge in [0.2, 0.25) is 0 Å².